The van der Waals surface area contributed by atoms with Crippen molar-refractivity contribution in [2.75, 3.05) is 36.8 Å². The standard InChI is InChI=1S/C17H28N6O/c1-3-6-23-11-14(10-16(23)24)20-13-4-7-22(8-5-13)15-9-12(2)19-17(18)21-15/h9,13-14,20H,3-8,10-11H2,1-2H3,(H2,18,19,21)/t14-/m1/s1. The first-order valence-corrected chi connectivity index (χ1v) is 8.95. The summed E-state index contributed by atoms with van der Waals surface area (Å²) in [6.45, 7) is 7.69. The molecule has 0 aromatic carbocycles. The Kier molecular flexibility index (Phi) is 5.18. The summed E-state index contributed by atoms with van der Waals surface area (Å²) in [6, 6.07) is 2.76. The van der Waals surface area contributed by atoms with E-state index in [1.807, 2.05) is 17.9 Å². The molecule has 0 radical (unpaired) electrons. The third kappa shape index (κ3) is 3.95. The number of aryl methyl sites for hydroxylation is 1. The number of rotatable bonds is 5. The van der Waals surface area contributed by atoms with E-state index in [-0.39, 0.29) is 0 Å². The number of carbonyl (C=O) groups excluding carboxylic acids is 1. The van der Waals surface area contributed by atoms with Crippen molar-refractivity contribution in [1.29, 1.82) is 0 Å². The molecule has 2 fully saturated rings. The van der Waals surface area contributed by atoms with Gasteiger partial charge in [-0.25, -0.2) is 4.98 Å². The van der Waals surface area contributed by atoms with Gasteiger partial charge in [0.1, 0.15) is 5.82 Å². The van der Waals surface area contributed by atoms with Crippen molar-refractivity contribution in [1.82, 2.24) is 20.2 Å². The Hall–Kier alpha value is -1.89. The number of hydrogen-bond donors (Lipinski definition) is 2. The van der Waals surface area contributed by atoms with E-state index in [9.17, 15) is 4.79 Å². The summed E-state index contributed by atoms with van der Waals surface area (Å²) in [5.41, 5.74) is 6.66. The van der Waals surface area contributed by atoms with Crippen LogP contribution in [0.4, 0.5) is 11.8 Å². The normalized spacial score (nSPS) is 22.4. The number of aromatic nitrogens is 2. The van der Waals surface area contributed by atoms with Crippen molar-refractivity contribution in [3.8, 4) is 0 Å². The van der Waals surface area contributed by atoms with Gasteiger partial charge < -0.3 is 20.9 Å². The Morgan fingerprint density at radius 1 is 1.29 bits per heavy atom. The van der Waals surface area contributed by atoms with Crippen LogP contribution in [0.3, 0.4) is 0 Å². The highest BCUT2D eigenvalue weighted by Gasteiger charge is 2.31. The Labute approximate surface area is 143 Å². The number of nitrogens with zero attached hydrogens (tertiary/aromatic N) is 4. The molecule has 0 aliphatic carbocycles. The zero-order valence-corrected chi connectivity index (χ0v) is 14.7. The van der Waals surface area contributed by atoms with Crippen molar-refractivity contribution >= 4 is 17.7 Å². The number of piperidine rings is 1. The number of amides is 1. The Morgan fingerprint density at radius 3 is 2.71 bits per heavy atom. The van der Waals surface area contributed by atoms with Crippen LogP contribution in [0.15, 0.2) is 6.07 Å². The monoisotopic (exact) mass is 332 g/mol. The maximum Gasteiger partial charge on any atom is 0.224 e. The summed E-state index contributed by atoms with van der Waals surface area (Å²) in [7, 11) is 0. The molecule has 2 aliphatic heterocycles. The molecule has 1 amide bonds. The lowest BCUT2D eigenvalue weighted by atomic mass is 10.0. The molecule has 24 heavy (non-hydrogen) atoms. The van der Waals surface area contributed by atoms with Gasteiger partial charge in [0.15, 0.2) is 0 Å². The van der Waals surface area contributed by atoms with Crippen LogP contribution in [0.5, 0.6) is 0 Å². The van der Waals surface area contributed by atoms with E-state index >= 15 is 0 Å². The van der Waals surface area contributed by atoms with E-state index in [1.165, 1.54) is 0 Å². The summed E-state index contributed by atoms with van der Waals surface area (Å²) < 4.78 is 0. The van der Waals surface area contributed by atoms with Gasteiger partial charge in [-0.3, -0.25) is 4.79 Å². The molecule has 7 nitrogen and oxygen atoms in total. The first-order chi connectivity index (χ1) is 11.5. The van der Waals surface area contributed by atoms with Crippen LogP contribution in [0.25, 0.3) is 0 Å². The fourth-order valence-corrected chi connectivity index (χ4v) is 3.71. The summed E-state index contributed by atoms with van der Waals surface area (Å²) >= 11 is 0. The largest absolute Gasteiger partial charge is 0.368 e. The van der Waals surface area contributed by atoms with Crippen LogP contribution >= 0.6 is 0 Å². The van der Waals surface area contributed by atoms with Gasteiger partial charge in [-0.05, 0) is 26.2 Å². The van der Waals surface area contributed by atoms with Gasteiger partial charge in [-0.2, -0.15) is 4.98 Å². The number of nitrogens with one attached hydrogen (secondary N) is 1. The average Bonchev–Trinajstić information content (AvgIpc) is 2.87. The second-order valence-electron chi connectivity index (χ2n) is 6.89. The third-order valence-corrected chi connectivity index (χ3v) is 4.86. The predicted molar refractivity (Wildman–Crippen MR) is 94.8 cm³/mol. The van der Waals surface area contributed by atoms with Gasteiger partial charge in [-0.1, -0.05) is 6.92 Å². The molecule has 0 spiro atoms. The maximum absolute atomic E-state index is 12.0. The van der Waals surface area contributed by atoms with Gasteiger partial charge >= 0.3 is 0 Å². The summed E-state index contributed by atoms with van der Waals surface area (Å²) in [5, 5.41) is 3.68. The quantitative estimate of drug-likeness (QED) is 0.834. The number of nitrogen functional groups attached to an aromatic ring is 1. The van der Waals surface area contributed by atoms with Crippen LogP contribution < -0.4 is 16.0 Å². The molecular weight excluding hydrogens is 304 g/mol. The number of nitrogens with two attached hydrogens (primary N) is 1. The molecule has 1 atom stereocenters. The first kappa shape index (κ1) is 17.0. The van der Waals surface area contributed by atoms with Crippen LogP contribution in [-0.4, -0.2) is 59.0 Å². The molecule has 1 aromatic heterocycles. The molecule has 0 saturated carbocycles. The second-order valence-corrected chi connectivity index (χ2v) is 6.89. The van der Waals surface area contributed by atoms with E-state index in [1.54, 1.807) is 0 Å². The van der Waals surface area contributed by atoms with Gasteiger partial charge in [0.05, 0.1) is 0 Å². The average molecular weight is 332 g/mol. The van der Waals surface area contributed by atoms with Crippen LogP contribution in [0.1, 0.15) is 38.3 Å². The third-order valence-electron chi connectivity index (χ3n) is 4.86. The molecule has 132 valence electrons. The number of anilines is 2. The Bertz CT molecular complexity index is 564. The van der Waals surface area contributed by atoms with E-state index in [0.29, 0.717) is 30.4 Å². The van der Waals surface area contributed by atoms with E-state index < -0.39 is 0 Å². The van der Waals surface area contributed by atoms with Gasteiger partial charge in [0.2, 0.25) is 11.9 Å². The lowest BCUT2D eigenvalue weighted by Gasteiger charge is -2.34. The maximum atomic E-state index is 12.0. The molecule has 2 aliphatic rings. The lowest BCUT2D eigenvalue weighted by molar-refractivity contribution is -0.127. The van der Waals surface area contributed by atoms with E-state index in [2.05, 4.69) is 27.1 Å². The molecule has 0 unspecified atom stereocenters. The zero-order chi connectivity index (χ0) is 17.1. The molecule has 7 heteroatoms. The van der Waals surface area contributed by atoms with Gasteiger partial charge in [0.25, 0.3) is 0 Å². The smallest absolute Gasteiger partial charge is 0.224 e. The number of carbonyl (C=O) groups is 1. The van der Waals surface area contributed by atoms with Gasteiger partial charge in [0, 0.05) is 56.4 Å². The highest BCUT2D eigenvalue weighted by atomic mass is 16.2. The minimum absolute atomic E-state index is 0.290. The fraction of sp³-hybridized carbons (Fsp3) is 0.706. The van der Waals surface area contributed by atoms with Crippen LogP contribution in [0, 0.1) is 6.92 Å². The molecule has 2 saturated heterocycles. The van der Waals surface area contributed by atoms with Crippen molar-refractivity contribution in [2.24, 2.45) is 0 Å². The molecule has 3 heterocycles. The number of likely N-dealkylation sites (tertiary alicyclic amines) is 1. The van der Waals surface area contributed by atoms with Crippen LogP contribution in [0.2, 0.25) is 0 Å². The van der Waals surface area contributed by atoms with Gasteiger partial charge in [-0.15, -0.1) is 0 Å². The molecule has 3 N–H and O–H groups in total. The Balaban J connectivity index is 1.50. The highest BCUT2D eigenvalue weighted by Crippen LogP contribution is 2.21. The van der Waals surface area contributed by atoms with Crippen molar-refractivity contribution in [3.05, 3.63) is 11.8 Å². The topological polar surface area (TPSA) is 87.4 Å². The number of hydrogen-bond acceptors (Lipinski definition) is 6. The summed E-state index contributed by atoms with van der Waals surface area (Å²) in [6.07, 6.45) is 3.78. The van der Waals surface area contributed by atoms with Crippen molar-refractivity contribution in [2.45, 2.75) is 51.6 Å². The minimum atomic E-state index is 0.290. The second kappa shape index (κ2) is 7.34. The predicted octanol–water partition coefficient (Wildman–Crippen LogP) is 0.937. The molecular formula is C17H28N6O. The molecule has 3 rings (SSSR count). The first-order valence-electron chi connectivity index (χ1n) is 8.95. The zero-order valence-electron chi connectivity index (χ0n) is 14.7. The highest BCUT2D eigenvalue weighted by molar-refractivity contribution is 5.79. The van der Waals surface area contributed by atoms with Crippen molar-refractivity contribution < 1.29 is 4.79 Å². The lowest BCUT2D eigenvalue weighted by Crippen LogP contribution is -2.47. The van der Waals surface area contributed by atoms with E-state index in [4.69, 9.17) is 5.73 Å². The van der Waals surface area contributed by atoms with Crippen LogP contribution in [-0.2, 0) is 4.79 Å². The fourth-order valence-electron chi connectivity index (χ4n) is 3.71. The molecule has 0 bridgehead atoms. The SMILES string of the molecule is CCCN1C[C@H](NC2CCN(c3cc(C)nc(N)n3)CC2)CC1=O. The molecule has 1 aromatic rings. The summed E-state index contributed by atoms with van der Waals surface area (Å²) in [5.74, 6) is 1.55. The Morgan fingerprint density at radius 2 is 2.04 bits per heavy atom. The minimum Gasteiger partial charge on any atom is -0.368 e. The van der Waals surface area contributed by atoms with Crippen molar-refractivity contribution in [3.63, 3.8) is 0 Å². The van der Waals surface area contributed by atoms with E-state index in [0.717, 1.165) is 57.0 Å². The summed E-state index contributed by atoms with van der Waals surface area (Å²) in [4.78, 5) is 24.7.